The van der Waals surface area contributed by atoms with Crippen molar-refractivity contribution >= 4 is 10.8 Å². The lowest BCUT2D eigenvalue weighted by Crippen LogP contribution is -1.86. The van der Waals surface area contributed by atoms with Crippen molar-refractivity contribution in [2.45, 2.75) is 0 Å². The fourth-order valence-corrected chi connectivity index (χ4v) is 1.43. The first-order chi connectivity index (χ1) is 6.85. The van der Waals surface area contributed by atoms with Crippen molar-refractivity contribution in [1.82, 2.24) is 0 Å². The molecule has 67 valence electrons. The summed E-state index contributed by atoms with van der Waals surface area (Å²) in [5.41, 5.74) is 0.621. The molecule has 0 amide bonds. The summed E-state index contributed by atoms with van der Waals surface area (Å²) in [4.78, 5) is 0. The average molecular weight is 182 g/mol. The van der Waals surface area contributed by atoms with Crippen molar-refractivity contribution in [1.29, 1.82) is 5.26 Å². The SMILES string of the molecule is COc1cc(C#N)c2c[c]ccc2c1. The Hall–Kier alpha value is -2.01. The van der Waals surface area contributed by atoms with Crippen LogP contribution in [0.1, 0.15) is 5.56 Å². The second kappa shape index (κ2) is 3.39. The third-order valence-electron chi connectivity index (χ3n) is 2.13. The number of ether oxygens (including phenoxy) is 1. The van der Waals surface area contributed by atoms with Gasteiger partial charge in [-0.05, 0) is 29.7 Å². The Morgan fingerprint density at radius 2 is 2.29 bits per heavy atom. The zero-order chi connectivity index (χ0) is 9.97. The average Bonchev–Trinajstić information content (AvgIpc) is 2.27. The van der Waals surface area contributed by atoms with Crippen molar-refractivity contribution in [3.63, 3.8) is 0 Å². The number of fused-ring (bicyclic) bond motifs is 1. The molecule has 0 bridgehead atoms. The van der Waals surface area contributed by atoms with E-state index in [9.17, 15) is 0 Å². The van der Waals surface area contributed by atoms with Crippen LogP contribution in [0.15, 0.2) is 30.3 Å². The largest absolute Gasteiger partial charge is 0.497 e. The predicted molar refractivity (Wildman–Crippen MR) is 54.1 cm³/mol. The highest BCUT2D eigenvalue weighted by molar-refractivity contribution is 5.89. The van der Waals surface area contributed by atoms with Gasteiger partial charge < -0.3 is 4.74 Å². The number of methoxy groups -OCH3 is 1. The Kier molecular flexibility index (Phi) is 2.08. The fraction of sp³-hybridized carbons (Fsp3) is 0.0833. The molecular weight excluding hydrogens is 174 g/mol. The van der Waals surface area contributed by atoms with Gasteiger partial charge in [0, 0.05) is 5.39 Å². The summed E-state index contributed by atoms with van der Waals surface area (Å²) in [7, 11) is 1.59. The first-order valence-corrected chi connectivity index (χ1v) is 4.23. The van der Waals surface area contributed by atoms with Gasteiger partial charge in [0.2, 0.25) is 0 Å². The molecule has 14 heavy (non-hydrogen) atoms. The van der Waals surface area contributed by atoms with Gasteiger partial charge in [-0.1, -0.05) is 12.1 Å². The standard InChI is InChI=1S/C12H8NO/c1-14-11-6-9-4-2-3-5-12(9)10(7-11)8-13/h2,4-7H,1H3. The second-order valence-corrected chi connectivity index (χ2v) is 2.93. The van der Waals surface area contributed by atoms with E-state index in [0.717, 1.165) is 10.8 Å². The summed E-state index contributed by atoms with van der Waals surface area (Å²) in [6, 6.07) is 14.3. The molecule has 0 N–H and O–H groups in total. The first-order valence-electron chi connectivity index (χ1n) is 4.23. The van der Waals surface area contributed by atoms with Gasteiger partial charge >= 0.3 is 0 Å². The van der Waals surface area contributed by atoms with Crippen molar-refractivity contribution in [3.8, 4) is 11.8 Å². The third-order valence-corrected chi connectivity index (χ3v) is 2.13. The van der Waals surface area contributed by atoms with Crippen molar-refractivity contribution in [3.05, 3.63) is 42.0 Å². The van der Waals surface area contributed by atoms with E-state index in [1.165, 1.54) is 0 Å². The highest BCUT2D eigenvalue weighted by Crippen LogP contribution is 2.24. The lowest BCUT2D eigenvalue weighted by atomic mass is 10.1. The quantitative estimate of drug-likeness (QED) is 0.678. The van der Waals surface area contributed by atoms with E-state index in [1.54, 1.807) is 13.2 Å². The zero-order valence-electron chi connectivity index (χ0n) is 7.74. The van der Waals surface area contributed by atoms with Gasteiger partial charge in [-0.15, -0.1) is 0 Å². The monoisotopic (exact) mass is 182 g/mol. The van der Waals surface area contributed by atoms with Crippen LogP contribution in [-0.2, 0) is 0 Å². The van der Waals surface area contributed by atoms with Crippen LogP contribution in [0.2, 0.25) is 0 Å². The minimum atomic E-state index is 0.621. The highest BCUT2D eigenvalue weighted by Gasteiger charge is 2.02. The van der Waals surface area contributed by atoms with Crippen molar-refractivity contribution in [2.24, 2.45) is 0 Å². The lowest BCUT2D eigenvalue weighted by molar-refractivity contribution is 0.415. The number of benzene rings is 2. The Morgan fingerprint density at radius 1 is 1.43 bits per heavy atom. The third kappa shape index (κ3) is 1.29. The molecule has 0 aromatic heterocycles. The Bertz CT molecular complexity index is 511. The van der Waals surface area contributed by atoms with Crippen LogP contribution in [0, 0.1) is 17.4 Å². The molecule has 1 radical (unpaired) electrons. The van der Waals surface area contributed by atoms with Crippen LogP contribution in [0.25, 0.3) is 10.8 Å². The topological polar surface area (TPSA) is 33.0 Å². The summed E-state index contributed by atoms with van der Waals surface area (Å²) < 4.78 is 5.10. The number of hydrogen-bond acceptors (Lipinski definition) is 2. The van der Waals surface area contributed by atoms with Gasteiger partial charge in [0.25, 0.3) is 0 Å². The van der Waals surface area contributed by atoms with Crippen molar-refractivity contribution in [2.75, 3.05) is 7.11 Å². The van der Waals surface area contributed by atoms with E-state index in [-0.39, 0.29) is 0 Å². The van der Waals surface area contributed by atoms with Gasteiger partial charge in [0.05, 0.1) is 18.7 Å². The van der Waals surface area contributed by atoms with Gasteiger partial charge in [-0.25, -0.2) is 0 Å². The molecule has 0 atom stereocenters. The van der Waals surface area contributed by atoms with E-state index in [1.807, 2.05) is 24.3 Å². The summed E-state index contributed by atoms with van der Waals surface area (Å²) >= 11 is 0. The van der Waals surface area contributed by atoms with Crippen LogP contribution in [-0.4, -0.2) is 7.11 Å². The number of nitrogens with zero attached hydrogens (tertiary/aromatic N) is 1. The van der Waals surface area contributed by atoms with Gasteiger partial charge in [-0.3, -0.25) is 0 Å². The maximum atomic E-state index is 8.94. The summed E-state index contributed by atoms with van der Waals surface area (Å²) in [6.45, 7) is 0. The lowest BCUT2D eigenvalue weighted by Gasteiger charge is -2.03. The Morgan fingerprint density at radius 3 is 3.00 bits per heavy atom. The van der Waals surface area contributed by atoms with E-state index >= 15 is 0 Å². The number of hydrogen-bond donors (Lipinski definition) is 0. The molecule has 0 saturated heterocycles. The molecular formula is C12H8NO. The van der Waals surface area contributed by atoms with Crippen LogP contribution in [0.5, 0.6) is 5.75 Å². The van der Waals surface area contributed by atoms with Crippen LogP contribution >= 0.6 is 0 Å². The van der Waals surface area contributed by atoms with Crippen LogP contribution in [0.3, 0.4) is 0 Å². The normalized spacial score (nSPS) is 9.71. The van der Waals surface area contributed by atoms with Gasteiger partial charge in [0.15, 0.2) is 0 Å². The van der Waals surface area contributed by atoms with Gasteiger partial charge in [0.1, 0.15) is 5.75 Å². The molecule has 2 aromatic carbocycles. The zero-order valence-corrected chi connectivity index (χ0v) is 7.74. The van der Waals surface area contributed by atoms with Crippen molar-refractivity contribution < 1.29 is 4.74 Å². The number of nitriles is 1. The second-order valence-electron chi connectivity index (χ2n) is 2.93. The van der Waals surface area contributed by atoms with E-state index < -0.39 is 0 Å². The summed E-state index contributed by atoms with van der Waals surface area (Å²) in [5, 5.41) is 10.8. The predicted octanol–water partition coefficient (Wildman–Crippen LogP) is 2.52. The van der Waals surface area contributed by atoms with E-state index in [0.29, 0.717) is 11.3 Å². The fourth-order valence-electron chi connectivity index (χ4n) is 1.43. The minimum Gasteiger partial charge on any atom is -0.497 e. The molecule has 0 unspecified atom stereocenters. The number of rotatable bonds is 1. The smallest absolute Gasteiger partial charge is 0.120 e. The molecule has 0 aliphatic carbocycles. The molecule has 0 heterocycles. The molecule has 2 nitrogen and oxygen atoms in total. The molecule has 0 fully saturated rings. The first kappa shape index (κ1) is 8.58. The molecule has 2 heteroatoms. The van der Waals surface area contributed by atoms with Gasteiger partial charge in [-0.2, -0.15) is 5.26 Å². The molecule has 0 saturated carbocycles. The molecule has 0 aliphatic rings. The van der Waals surface area contributed by atoms with Crippen LogP contribution < -0.4 is 4.74 Å². The Labute approximate surface area is 82.3 Å². The molecule has 2 rings (SSSR count). The van der Waals surface area contributed by atoms with E-state index in [2.05, 4.69) is 12.1 Å². The molecule has 2 aromatic rings. The Balaban J connectivity index is 2.82. The summed E-state index contributed by atoms with van der Waals surface area (Å²) in [5.74, 6) is 0.709. The van der Waals surface area contributed by atoms with E-state index in [4.69, 9.17) is 10.00 Å². The maximum Gasteiger partial charge on any atom is 0.120 e. The maximum absolute atomic E-state index is 8.94. The summed E-state index contributed by atoms with van der Waals surface area (Å²) in [6.07, 6.45) is 0. The van der Waals surface area contributed by atoms with Crippen LogP contribution in [0.4, 0.5) is 0 Å². The highest BCUT2D eigenvalue weighted by atomic mass is 16.5. The molecule has 0 spiro atoms. The minimum absolute atomic E-state index is 0.621. The molecule has 0 aliphatic heterocycles.